The van der Waals surface area contributed by atoms with Gasteiger partial charge in [0.15, 0.2) is 0 Å². The molecule has 0 radical (unpaired) electrons. The Hall–Kier alpha value is -1.38. The number of ether oxygens (including phenoxy) is 2. The van der Waals surface area contributed by atoms with Crippen molar-refractivity contribution in [1.82, 2.24) is 4.90 Å². The van der Waals surface area contributed by atoms with Gasteiger partial charge in [0.2, 0.25) is 0 Å². The Labute approximate surface area is 190 Å². The molecule has 0 atom stereocenters. The highest BCUT2D eigenvalue weighted by Gasteiger charge is 2.31. The molecule has 2 rings (SSSR count). The summed E-state index contributed by atoms with van der Waals surface area (Å²) >= 11 is 10.2. The highest BCUT2D eigenvalue weighted by molar-refractivity contribution is 9.10. The van der Waals surface area contributed by atoms with Crippen LogP contribution in [0.15, 0.2) is 27.6 Å². The van der Waals surface area contributed by atoms with Crippen LogP contribution in [0.1, 0.15) is 51.0 Å². The molecule has 0 aliphatic carbocycles. The maximum absolute atomic E-state index is 12.8. The van der Waals surface area contributed by atoms with Crippen LogP contribution in [0.2, 0.25) is 0 Å². The SMILES string of the molecule is CCCCOc1ccc(Br)cc1/C=C1/SC(=S)N(CCCCCC(=O)OC)C1=O. The number of halogens is 1. The van der Waals surface area contributed by atoms with Gasteiger partial charge in [-0.2, -0.15) is 0 Å². The Morgan fingerprint density at radius 3 is 2.79 bits per heavy atom. The van der Waals surface area contributed by atoms with Crippen LogP contribution in [0, 0.1) is 0 Å². The van der Waals surface area contributed by atoms with E-state index in [1.807, 2.05) is 24.3 Å². The summed E-state index contributed by atoms with van der Waals surface area (Å²) in [6.45, 7) is 3.32. The second-order valence-electron chi connectivity index (χ2n) is 6.60. The van der Waals surface area contributed by atoms with Crippen molar-refractivity contribution in [2.45, 2.75) is 45.4 Å². The fourth-order valence-electron chi connectivity index (χ4n) is 2.74. The molecule has 0 unspecified atom stereocenters. The lowest BCUT2D eigenvalue weighted by molar-refractivity contribution is -0.140. The van der Waals surface area contributed by atoms with Crippen LogP contribution in [-0.4, -0.2) is 41.4 Å². The van der Waals surface area contributed by atoms with Gasteiger partial charge in [0, 0.05) is 23.0 Å². The van der Waals surface area contributed by atoms with E-state index in [1.165, 1.54) is 18.9 Å². The highest BCUT2D eigenvalue weighted by atomic mass is 79.9. The zero-order valence-electron chi connectivity index (χ0n) is 16.7. The average Bonchev–Trinajstić information content (AvgIpc) is 2.96. The molecule has 1 fully saturated rings. The normalized spacial score (nSPS) is 15.3. The topological polar surface area (TPSA) is 55.8 Å². The zero-order chi connectivity index (χ0) is 21.2. The number of hydrogen-bond donors (Lipinski definition) is 0. The molecule has 0 saturated carbocycles. The predicted molar refractivity (Wildman–Crippen MR) is 125 cm³/mol. The van der Waals surface area contributed by atoms with Crippen LogP contribution >= 0.6 is 39.9 Å². The summed E-state index contributed by atoms with van der Waals surface area (Å²) in [5.74, 6) is 0.478. The van der Waals surface area contributed by atoms with Gasteiger partial charge in [-0.3, -0.25) is 14.5 Å². The number of unbranched alkanes of at least 4 members (excludes halogenated alkanes) is 3. The molecule has 1 heterocycles. The van der Waals surface area contributed by atoms with E-state index >= 15 is 0 Å². The van der Waals surface area contributed by atoms with E-state index in [4.69, 9.17) is 17.0 Å². The van der Waals surface area contributed by atoms with E-state index < -0.39 is 0 Å². The molecule has 1 aliphatic heterocycles. The number of esters is 1. The molecular weight excluding hydrogens is 474 g/mol. The fraction of sp³-hybridized carbons (Fsp3) is 0.476. The summed E-state index contributed by atoms with van der Waals surface area (Å²) < 4.78 is 12.0. The Kier molecular flexibility index (Phi) is 10.2. The number of carbonyl (C=O) groups excluding carboxylic acids is 2. The summed E-state index contributed by atoms with van der Waals surface area (Å²) in [6, 6.07) is 5.78. The van der Waals surface area contributed by atoms with Gasteiger partial charge >= 0.3 is 5.97 Å². The first-order chi connectivity index (χ1) is 14.0. The predicted octanol–water partition coefficient (Wildman–Crippen LogP) is 5.56. The van der Waals surface area contributed by atoms with E-state index in [0.29, 0.717) is 28.8 Å². The number of rotatable bonds is 11. The van der Waals surface area contributed by atoms with Crippen molar-refractivity contribution in [1.29, 1.82) is 0 Å². The van der Waals surface area contributed by atoms with E-state index in [0.717, 1.165) is 47.9 Å². The average molecular weight is 500 g/mol. The maximum Gasteiger partial charge on any atom is 0.305 e. The number of hydrogen-bond acceptors (Lipinski definition) is 6. The largest absolute Gasteiger partial charge is 0.493 e. The van der Waals surface area contributed by atoms with Crippen LogP contribution in [0.4, 0.5) is 0 Å². The van der Waals surface area contributed by atoms with Gasteiger partial charge in [0.1, 0.15) is 10.1 Å². The van der Waals surface area contributed by atoms with Gasteiger partial charge in [-0.1, -0.05) is 59.7 Å². The molecule has 1 amide bonds. The third kappa shape index (κ3) is 7.42. The summed E-state index contributed by atoms with van der Waals surface area (Å²) in [5, 5.41) is 0. The smallest absolute Gasteiger partial charge is 0.305 e. The van der Waals surface area contributed by atoms with Crippen LogP contribution in [0.5, 0.6) is 5.75 Å². The van der Waals surface area contributed by atoms with Crippen LogP contribution in [0.3, 0.4) is 0 Å². The van der Waals surface area contributed by atoms with Crippen molar-refractivity contribution in [3.05, 3.63) is 33.1 Å². The minimum absolute atomic E-state index is 0.0764. The molecule has 1 aliphatic rings. The van der Waals surface area contributed by atoms with Gasteiger partial charge < -0.3 is 9.47 Å². The summed E-state index contributed by atoms with van der Waals surface area (Å²) in [6.07, 6.45) is 6.66. The minimum Gasteiger partial charge on any atom is -0.493 e. The van der Waals surface area contributed by atoms with E-state index in [2.05, 4.69) is 27.6 Å². The standard InChI is InChI=1S/C21H26BrNO4S2/c1-3-4-12-27-17-10-9-16(22)13-15(17)14-18-20(25)23(21(28)29-18)11-7-5-6-8-19(24)26-2/h9-10,13-14H,3-8,11-12H2,1-2H3/b18-14+. The van der Waals surface area contributed by atoms with Crippen molar-refractivity contribution in [2.75, 3.05) is 20.3 Å². The molecule has 0 spiro atoms. The van der Waals surface area contributed by atoms with Crippen molar-refractivity contribution in [3.63, 3.8) is 0 Å². The van der Waals surface area contributed by atoms with Crippen LogP contribution < -0.4 is 4.74 Å². The summed E-state index contributed by atoms with van der Waals surface area (Å²) in [7, 11) is 1.39. The van der Waals surface area contributed by atoms with Crippen molar-refractivity contribution >= 4 is 62.2 Å². The third-order valence-corrected chi connectivity index (χ3v) is 6.25. The number of benzene rings is 1. The van der Waals surface area contributed by atoms with Gasteiger partial charge in [-0.15, -0.1) is 0 Å². The molecular formula is C21H26BrNO4S2. The Morgan fingerprint density at radius 1 is 1.28 bits per heavy atom. The summed E-state index contributed by atoms with van der Waals surface area (Å²) in [5.41, 5.74) is 0.856. The van der Waals surface area contributed by atoms with Gasteiger partial charge in [0.25, 0.3) is 5.91 Å². The number of methoxy groups -OCH3 is 1. The molecule has 1 aromatic rings. The first-order valence-electron chi connectivity index (χ1n) is 9.70. The van der Waals surface area contributed by atoms with Crippen molar-refractivity contribution < 1.29 is 19.1 Å². The van der Waals surface area contributed by atoms with Crippen molar-refractivity contribution in [2.24, 2.45) is 0 Å². The summed E-state index contributed by atoms with van der Waals surface area (Å²) in [4.78, 5) is 26.2. The number of thioether (sulfide) groups is 1. The molecule has 0 N–H and O–H groups in total. The minimum atomic E-state index is -0.204. The molecule has 5 nitrogen and oxygen atoms in total. The fourth-order valence-corrected chi connectivity index (χ4v) is 4.42. The second kappa shape index (κ2) is 12.3. The highest BCUT2D eigenvalue weighted by Crippen LogP contribution is 2.35. The van der Waals surface area contributed by atoms with E-state index in [9.17, 15) is 9.59 Å². The van der Waals surface area contributed by atoms with Gasteiger partial charge in [0.05, 0.1) is 18.6 Å². The lowest BCUT2D eigenvalue weighted by atomic mass is 10.1. The molecule has 0 bridgehead atoms. The Bertz CT molecular complexity index is 782. The molecule has 158 valence electrons. The van der Waals surface area contributed by atoms with E-state index in [-0.39, 0.29) is 11.9 Å². The first-order valence-corrected chi connectivity index (χ1v) is 11.7. The number of amides is 1. The lowest BCUT2D eigenvalue weighted by Crippen LogP contribution is -2.29. The molecule has 1 saturated heterocycles. The number of nitrogens with zero attached hydrogens (tertiary/aromatic N) is 1. The zero-order valence-corrected chi connectivity index (χ0v) is 20.0. The molecule has 8 heteroatoms. The monoisotopic (exact) mass is 499 g/mol. The number of carbonyl (C=O) groups is 2. The Morgan fingerprint density at radius 2 is 2.07 bits per heavy atom. The first kappa shape index (κ1) is 23.9. The number of thiocarbonyl (C=S) groups is 1. The molecule has 1 aromatic carbocycles. The Balaban J connectivity index is 2.00. The van der Waals surface area contributed by atoms with Gasteiger partial charge in [-0.05, 0) is 43.5 Å². The quantitative estimate of drug-likeness (QED) is 0.172. The second-order valence-corrected chi connectivity index (χ2v) is 9.20. The van der Waals surface area contributed by atoms with Gasteiger partial charge in [-0.25, -0.2) is 0 Å². The molecule has 0 aromatic heterocycles. The maximum atomic E-state index is 12.8. The van der Waals surface area contributed by atoms with E-state index in [1.54, 1.807) is 4.90 Å². The van der Waals surface area contributed by atoms with Crippen LogP contribution in [-0.2, 0) is 14.3 Å². The molecule has 29 heavy (non-hydrogen) atoms. The van der Waals surface area contributed by atoms with Crippen molar-refractivity contribution in [3.8, 4) is 5.75 Å². The third-order valence-electron chi connectivity index (χ3n) is 4.38. The van der Waals surface area contributed by atoms with Crippen LogP contribution in [0.25, 0.3) is 6.08 Å². The lowest BCUT2D eigenvalue weighted by Gasteiger charge is -2.14.